The van der Waals surface area contributed by atoms with E-state index in [0.717, 1.165) is 0 Å². The van der Waals surface area contributed by atoms with E-state index >= 15 is 0 Å². The zero-order valence-corrected chi connectivity index (χ0v) is 11.0. The number of Topliss-reactive ketones (excluding diaryl/α,β-unsaturated/α-hetero) is 1. The molecule has 17 heavy (non-hydrogen) atoms. The average Bonchev–Trinajstić information content (AvgIpc) is 2.74. The second kappa shape index (κ2) is 5.67. The molecular formula is C12H8ClFOS2. The number of thiophene rings is 1. The highest BCUT2D eigenvalue weighted by molar-refractivity contribution is 8.00. The Labute approximate surface area is 112 Å². The Kier molecular flexibility index (Phi) is 4.20. The molecule has 0 aliphatic heterocycles. The van der Waals surface area contributed by atoms with E-state index in [9.17, 15) is 9.18 Å². The third kappa shape index (κ3) is 3.31. The van der Waals surface area contributed by atoms with Crippen LogP contribution < -0.4 is 0 Å². The lowest BCUT2D eigenvalue weighted by Crippen LogP contribution is -1.99. The Bertz CT molecular complexity index is 539. The minimum atomic E-state index is -0.297. The van der Waals surface area contributed by atoms with Crippen LogP contribution in [0.3, 0.4) is 0 Å². The first kappa shape index (κ1) is 12.6. The van der Waals surface area contributed by atoms with Crippen LogP contribution in [0, 0.1) is 5.82 Å². The van der Waals surface area contributed by atoms with Crippen molar-refractivity contribution in [1.82, 2.24) is 0 Å². The van der Waals surface area contributed by atoms with Crippen molar-refractivity contribution in [2.24, 2.45) is 0 Å². The molecule has 0 bridgehead atoms. The molecule has 1 aromatic carbocycles. The summed E-state index contributed by atoms with van der Waals surface area (Å²) in [5, 5.41) is 0. The molecule has 88 valence electrons. The monoisotopic (exact) mass is 286 g/mol. The van der Waals surface area contributed by atoms with Gasteiger partial charge in [-0.1, -0.05) is 23.7 Å². The maximum atomic E-state index is 13.3. The highest BCUT2D eigenvalue weighted by Crippen LogP contribution is 2.26. The second-order valence-electron chi connectivity index (χ2n) is 3.25. The summed E-state index contributed by atoms with van der Waals surface area (Å²) < 4.78 is 13.9. The minimum Gasteiger partial charge on any atom is -0.292 e. The van der Waals surface area contributed by atoms with Gasteiger partial charge in [-0.15, -0.1) is 23.1 Å². The average molecular weight is 287 g/mol. The largest absolute Gasteiger partial charge is 0.292 e. The second-order valence-corrected chi connectivity index (χ2v) is 5.98. The van der Waals surface area contributed by atoms with E-state index in [4.69, 9.17) is 11.6 Å². The van der Waals surface area contributed by atoms with Crippen molar-refractivity contribution in [2.45, 2.75) is 4.90 Å². The first-order valence-corrected chi connectivity index (χ1v) is 7.00. The number of rotatable bonds is 4. The van der Waals surface area contributed by atoms with Gasteiger partial charge in [0.05, 0.1) is 15.0 Å². The fourth-order valence-electron chi connectivity index (χ4n) is 1.24. The van der Waals surface area contributed by atoms with Gasteiger partial charge in [0, 0.05) is 4.90 Å². The highest BCUT2D eigenvalue weighted by atomic mass is 35.5. The van der Waals surface area contributed by atoms with E-state index in [1.165, 1.54) is 29.2 Å². The zero-order chi connectivity index (χ0) is 12.3. The molecule has 0 radical (unpaired) electrons. The van der Waals surface area contributed by atoms with Crippen LogP contribution >= 0.6 is 34.7 Å². The van der Waals surface area contributed by atoms with Crippen molar-refractivity contribution in [2.75, 3.05) is 5.75 Å². The maximum Gasteiger partial charge on any atom is 0.183 e. The van der Waals surface area contributed by atoms with Gasteiger partial charge in [0.25, 0.3) is 0 Å². The number of benzene rings is 1. The van der Waals surface area contributed by atoms with Gasteiger partial charge in [-0.25, -0.2) is 4.39 Å². The van der Waals surface area contributed by atoms with Crippen LogP contribution in [0.5, 0.6) is 0 Å². The molecule has 2 rings (SSSR count). The number of ketones is 1. The lowest BCUT2D eigenvalue weighted by Gasteiger charge is -2.00. The van der Waals surface area contributed by atoms with Crippen molar-refractivity contribution in [1.29, 1.82) is 0 Å². The minimum absolute atomic E-state index is 0.0323. The Balaban J connectivity index is 1.99. The summed E-state index contributed by atoms with van der Waals surface area (Å²) in [5.41, 5.74) is 0. The van der Waals surface area contributed by atoms with Crippen LogP contribution in [0.4, 0.5) is 4.39 Å². The normalized spacial score (nSPS) is 10.5. The first-order valence-electron chi connectivity index (χ1n) is 4.82. The predicted molar refractivity (Wildman–Crippen MR) is 70.8 cm³/mol. The van der Waals surface area contributed by atoms with E-state index in [-0.39, 0.29) is 17.4 Å². The summed E-state index contributed by atoms with van der Waals surface area (Å²) in [7, 11) is 0. The molecule has 5 heteroatoms. The molecule has 0 saturated heterocycles. The van der Waals surface area contributed by atoms with Crippen LogP contribution in [0.1, 0.15) is 9.67 Å². The number of carbonyl (C=O) groups excluding carboxylic acids is 1. The molecule has 1 nitrogen and oxygen atoms in total. The molecule has 0 aliphatic rings. The summed E-state index contributed by atoms with van der Waals surface area (Å²) in [6.45, 7) is 0. The summed E-state index contributed by atoms with van der Waals surface area (Å²) in [6.07, 6.45) is 0. The van der Waals surface area contributed by atoms with Gasteiger partial charge in [0.15, 0.2) is 5.78 Å². The van der Waals surface area contributed by atoms with Crippen LogP contribution in [0.25, 0.3) is 0 Å². The SMILES string of the molecule is O=C(CSc1ccccc1F)c1ccc(Cl)s1. The first-order chi connectivity index (χ1) is 8.16. The Morgan fingerprint density at radius 2 is 2.06 bits per heavy atom. The zero-order valence-electron chi connectivity index (χ0n) is 8.65. The molecule has 0 atom stereocenters. The number of carbonyl (C=O) groups is 1. The van der Waals surface area contributed by atoms with Crippen molar-refractivity contribution in [3.63, 3.8) is 0 Å². The third-order valence-electron chi connectivity index (χ3n) is 2.04. The fraction of sp³-hybridized carbons (Fsp3) is 0.0833. The third-order valence-corrected chi connectivity index (χ3v) is 4.36. The molecule has 0 N–H and O–H groups in total. The molecule has 0 amide bonds. The van der Waals surface area contributed by atoms with Crippen molar-refractivity contribution in [3.05, 3.63) is 51.4 Å². The summed E-state index contributed by atoms with van der Waals surface area (Å²) in [5.74, 6) is -0.109. The molecule has 0 spiro atoms. The van der Waals surface area contributed by atoms with Crippen LogP contribution in [0.15, 0.2) is 41.3 Å². The topological polar surface area (TPSA) is 17.1 Å². The number of thioether (sulfide) groups is 1. The lowest BCUT2D eigenvalue weighted by molar-refractivity contribution is 0.102. The Hall–Kier alpha value is -0.840. The number of hydrogen-bond acceptors (Lipinski definition) is 3. The van der Waals surface area contributed by atoms with Crippen molar-refractivity contribution < 1.29 is 9.18 Å². The van der Waals surface area contributed by atoms with Gasteiger partial charge in [-0.2, -0.15) is 0 Å². The van der Waals surface area contributed by atoms with E-state index in [1.54, 1.807) is 30.3 Å². The summed E-state index contributed by atoms with van der Waals surface area (Å²) in [6, 6.07) is 9.80. The van der Waals surface area contributed by atoms with Gasteiger partial charge >= 0.3 is 0 Å². The molecule has 1 aromatic heterocycles. The highest BCUT2D eigenvalue weighted by Gasteiger charge is 2.10. The molecule has 0 fully saturated rings. The molecule has 1 heterocycles. The molecule has 0 saturated carbocycles. The number of hydrogen-bond donors (Lipinski definition) is 0. The van der Waals surface area contributed by atoms with Gasteiger partial charge < -0.3 is 0 Å². The Morgan fingerprint density at radius 1 is 1.29 bits per heavy atom. The predicted octanol–water partition coefficient (Wildman–Crippen LogP) is 4.52. The van der Waals surface area contributed by atoms with E-state index in [1.807, 2.05) is 0 Å². The summed E-state index contributed by atoms with van der Waals surface area (Å²) >= 11 is 8.19. The van der Waals surface area contributed by atoms with Gasteiger partial charge in [-0.05, 0) is 24.3 Å². The smallest absolute Gasteiger partial charge is 0.183 e. The maximum absolute atomic E-state index is 13.3. The van der Waals surface area contributed by atoms with Crippen molar-refractivity contribution in [3.8, 4) is 0 Å². The molecule has 2 aromatic rings. The van der Waals surface area contributed by atoms with Crippen LogP contribution in [-0.2, 0) is 0 Å². The van der Waals surface area contributed by atoms with Crippen LogP contribution in [-0.4, -0.2) is 11.5 Å². The Morgan fingerprint density at radius 3 is 2.71 bits per heavy atom. The van der Waals surface area contributed by atoms with Gasteiger partial charge in [-0.3, -0.25) is 4.79 Å². The number of halogens is 2. The fourth-order valence-corrected chi connectivity index (χ4v) is 3.14. The molecular weight excluding hydrogens is 279 g/mol. The van der Waals surface area contributed by atoms with Crippen molar-refractivity contribution >= 4 is 40.5 Å². The summed E-state index contributed by atoms with van der Waals surface area (Å²) in [4.78, 5) is 12.9. The quantitative estimate of drug-likeness (QED) is 0.607. The van der Waals surface area contributed by atoms with E-state index in [0.29, 0.717) is 14.1 Å². The standard InChI is InChI=1S/C12H8ClFOS2/c13-12-6-5-11(17-12)9(15)7-16-10-4-2-1-3-8(10)14/h1-6H,7H2. The van der Waals surface area contributed by atoms with Crippen LogP contribution in [0.2, 0.25) is 4.34 Å². The molecule has 0 aliphatic carbocycles. The molecule has 0 unspecified atom stereocenters. The van der Waals surface area contributed by atoms with E-state index in [2.05, 4.69) is 0 Å². The van der Waals surface area contributed by atoms with E-state index < -0.39 is 0 Å². The lowest BCUT2D eigenvalue weighted by atomic mass is 10.3. The van der Waals surface area contributed by atoms with Gasteiger partial charge in [0.2, 0.25) is 0 Å². The van der Waals surface area contributed by atoms with Gasteiger partial charge in [0.1, 0.15) is 5.82 Å².